The first-order chi connectivity index (χ1) is 7.54. The summed E-state index contributed by atoms with van der Waals surface area (Å²) >= 11 is 0. The van der Waals surface area contributed by atoms with Crippen LogP contribution in [0.3, 0.4) is 0 Å². The molecule has 0 aliphatic heterocycles. The second-order valence-corrected chi connectivity index (χ2v) is 4.08. The lowest BCUT2D eigenvalue weighted by atomic mass is 10.2. The molecule has 16 heavy (non-hydrogen) atoms. The van der Waals surface area contributed by atoms with Crippen molar-refractivity contribution >= 4 is 5.78 Å². The quantitative estimate of drug-likeness (QED) is 0.654. The molecule has 0 saturated heterocycles. The summed E-state index contributed by atoms with van der Waals surface area (Å²) < 4.78 is 4.99. The lowest BCUT2D eigenvalue weighted by molar-refractivity contribution is -0.117. The topological polar surface area (TPSA) is 46.5 Å². The Hall–Kier alpha value is -0.410. The molecule has 0 fully saturated rings. The standard InChI is InChI=1S/C7H14O.C6H14O2/c1-3-4-5-6-7(2)8;1-3-4-8-5-6(2)7/h3-6H2,1-2H3;6-7H,3-5H2,1-2H3. The molecule has 0 aliphatic carbocycles. The number of hydrogen-bond acceptors (Lipinski definition) is 3. The van der Waals surface area contributed by atoms with Gasteiger partial charge < -0.3 is 14.6 Å². The zero-order valence-corrected chi connectivity index (χ0v) is 11.3. The van der Waals surface area contributed by atoms with Crippen LogP contribution < -0.4 is 0 Å². The van der Waals surface area contributed by atoms with Crippen molar-refractivity contribution in [3.8, 4) is 0 Å². The Balaban J connectivity index is 0. The molecule has 0 saturated carbocycles. The number of carbonyl (C=O) groups is 1. The van der Waals surface area contributed by atoms with E-state index in [1.165, 1.54) is 12.8 Å². The molecule has 0 spiro atoms. The number of Topliss-reactive ketones (excluding diaryl/α,β-unsaturated/α-hetero) is 1. The van der Waals surface area contributed by atoms with Crippen LogP contribution in [0.25, 0.3) is 0 Å². The van der Waals surface area contributed by atoms with Crippen LogP contribution in [0.2, 0.25) is 0 Å². The third kappa shape index (κ3) is 23.4. The minimum atomic E-state index is -0.318. The van der Waals surface area contributed by atoms with Crippen LogP contribution in [0.4, 0.5) is 0 Å². The highest BCUT2D eigenvalue weighted by Gasteiger charge is 1.91. The van der Waals surface area contributed by atoms with E-state index in [0.29, 0.717) is 12.4 Å². The number of aliphatic hydroxyl groups excluding tert-OH is 1. The van der Waals surface area contributed by atoms with Gasteiger partial charge in [0.15, 0.2) is 0 Å². The minimum absolute atomic E-state index is 0.318. The van der Waals surface area contributed by atoms with E-state index in [4.69, 9.17) is 9.84 Å². The van der Waals surface area contributed by atoms with E-state index in [1.807, 2.05) is 6.92 Å². The first-order valence-corrected chi connectivity index (χ1v) is 6.29. The van der Waals surface area contributed by atoms with Crippen molar-refractivity contribution in [2.24, 2.45) is 0 Å². The second kappa shape index (κ2) is 14.6. The molecule has 0 amide bonds. The third-order valence-corrected chi connectivity index (χ3v) is 1.84. The second-order valence-electron chi connectivity index (χ2n) is 4.08. The van der Waals surface area contributed by atoms with Crippen molar-refractivity contribution in [1.29, 1.82) is 0 Å². The molecule has 0 aromatic heterocycles. The minimum Gasteiger partial charge on any atom is -0.391 e. The molecule has 3 nitrogen and oxygen atoms in total. The summed E-state index contributed by atoms with van der Waals surface area (Å²) in [5.41, 5.74) is 0. The van der Waals surface area contributed by atoms with Crippen LogP contribution in [-0.2, 0) is 9.53 Å². The van der Waals surface area contributed by atoms with Crippen LogP contribution >= 0.6 is 0 Å². The first kappa shape index (κ1) is 18.0. The number of ether oxygens (including phenoxy) is 1. The molecule has 0 aliphatic rings. The smallest absolute Gasteiger partial charge is 0.129 e. The van der Waals surface area contributed by atoms with Crippen LogP contribution in [0.15, 0.2) is 0 Å². The van der Waals surface area contributed by atoms with E-state index in [9.17, 15) is 4.79 Å². The number of rotatable bonds is 8. The van der Waals surface area contributed by atoms with Crippen molar-refractivity contribution in [1.82, 2.24) is 0 Å². The fourth-order valence-corrected chi connectivity index (χ4v) is 1.02. The monoisotopic (exact) mass is 232 g/mol. The molecular weight excluding hydrogens is 204 g/mol. The van der Waals surface area contributed by atoms with Gasteiger partial charge in [0, 0.05) is 13.0 Å². The summed E-state index contributed by atoms with van der Waals surface area (Å²) in [6.45, 7) is 8.77. The molecule has 0 aromatic carbocycles. The molecule has 0 bridgehead atoms. The van der Waals surface area contributed by atoms with E-state index >= 15 is 0 Å². The predicted octanol–water partition coefficient (Wildman–Crippen LogP) is 2.95. The van der Waals surface area contributed by atoms with Gasteiger partial charge in [-0.15, -0.1) is 0 Å². The number of hydrogen-bond donors (Lipinski definition) is 1. The van der Waals surface area contributed by atoms with E-state index in [-0.39, 0.29) is 6.10 Å². The van der Waals surface area contributed by atoms with Crippen molar-refractivity contribution in [3.63, 3.8) is 0 Å². The Kier molecular flexibility index (Phi) is 16.4. The van der Waals surface area contributed by atoms with Crippen molar-refractivity contribution in [2.75, 3.05) is 13.2 Å². The SMILES string of the molecule is CCCCCC(C)=O.CCCOCC(C)O. The van der Waals surface area contributed by atoms with Gasteiger partial charge in [-0.05, 0) is 26.7 Å². The number of aliphatic hydroxyl groups is 1. The van der Waals surface area contributed by atoms with Crippen LogP contribution in [0.5, 0.6) is 0 Å². The van der Waals surface area contributed by atoms with Crippen molar-refractivity contribution in [2.45, 2.75) is 65.9 Å². The molecule has 0 aromatic rings. The highest BCUT2D eigenvalue weighted by molar-refractivity contribution is 5.75. The van der Waals surface area contributed by atoms with Crippen molar-refractivity contribution in [3.05, 3.63) is 0 Å². The summed E-state index contributed by atoms with van der Waals surface area (Å²) in [6, 6.07) is 0. The Bertz CT molecular complexity index is 144. The molecule has 1 unspecified atom stereocenters. The van der Waals surface area contributed by atoms with Gasteiger partial charge in [0.1, 0.15) is 5.78 Å². The molecule has 3 heteroatoms. The molecular formula is C13H28O3. The molecule has 1 N–H and O–H groups in total. The van der Waals surface area contributed by atoms with E-state index in [2.05, 4.69) is 6.92 Å². The Morgan fingerprint density at radius 1 is 1.25 bits per heavy atom. The number of carbonyl (C=O) groups excluding carboxylic acids is 1. The van der Waals surface area contributed by atoms with Gasteiger partial charge in [-0.25, -0.2) is 0 Å². The summed E-state index contributed by atoms with van der Waals surface area (Å²) in [4.78, 5) is 10.3. The van der Waals surface area contributed by atoms with Gasteiger partial charge in [-0.3, -0.25) is 0 Å². The molecule has 0 radical (unpaired) electrons. The average Bonchev–Trinajstić information content (AvgIpc) is 2.18. The number of ketones is 1. The van der Waals surface area contributed by atoms with Gasteiger partial charge in [0.25, 0.3) is 0 Å². The fraction of sp³-hybridized carbons (Fsp3) is 0.923. The predicted molar refractivity (Wildman–Crippen MR) is 67.6 cm³/mol. The Morgan fingerprint density at radius 3 is 2.25 bits per heavy atom. The Labute approximate surface area is 100 Å². The maximum absolute atomic E-state index is 10.3. The van der Waals surface area contributed by atoms with E-state index in [1.54, 1.807) is 13.8 Å². The van der Waals surface area contributed by atoms with Gasteiger partial charge in [0.2, 0.25) is 0 Å². The third-order valence-electron chi connectivity index (χ3n) is 1.84. The maximum Gasteiger partial charge on any atom is 0.129 e. The van der Waals surface area contributed by atoms with Crippen LogP contribution in [-0.4, -0.2) is 30.2 Å². The Morgan fingerprint density at radius 2 is 1.88 bits per heavy atom. The van der Waals surface area contributed by atoms with Gasteiger partial charge in [-0.1, -0.05) is 26.7 Å². The summed E-state index contributed by atoms with van der Waals surface area (Å²) in [5.74, 6) is 0.318. The molecule has 0 heterocycles. The highest BCUT2D eigenvalue weighted by atomic mass is 16.5. The largest absolute Gasteiger partial charge is 0.391 e. The lowest BCUT2D eigenvalue weighted by Gasteiger charge is -2.02. The summed E-state index contributed by atoms with van der Waals surface area (Å²) in [6.07, 6.45) is 4.95. The molecule has 1 atom stereocenters. The summed E-state index contributed by atoms with van der Waals surface area (Å²) in [7, 11) is 0. The first-order valence-electron chi connectivity index (χ1n) is 6.29. The normalized spacial score (nSPS) is 11.6. The lowest BCUT2D eigenvalue weighted by Crippen LogP contribution is -2.10. The van der Waals surface area contributed by atoms with Gasteiger partial charge in [0.05, 0.1) is 12.7 Å². The maximum atomic E-state index is 10.3. The molecule has 0 rings (SSSR count). The van der Waals surface area contributed by atoms with Crippen LogP contribution in [0.1, 0.15) is 59.8 Å². The fourth-order valence-electron chi connectivity index (χ4n) is 1.02. The van der Waals surface area contributed by atoms with Gasteiger partial charge in [-0.2, -0.15) is 0 Å². The highest BCUT2D eigenvalue weighted by Crippen LogP contribution is 1.98. The van der Waals surface area contributed by atoms with E-state index < -0.39 is 0 Å². The zero-order chi connectivity index (χ0) is 12.8. The zero-order valence-electron chi connectivity index (χ0n) is 11.3. The summed E-state index contributed by atoms with van der Waals surface area (Å²) in [5, 5.41) is 8.65. The number of unbranched alkanes of at least 4 members (excludes halogenated alkanes) is 2. The van der Waals surface area contributed by atoms with Crippen molar-refractivity contribution < 1.29 is 14.6 Å². The average molecular weight is 232 g/mol. The van der Waals surface area contributed by atoms with Gasteiger partial charge >= 0.3 is 0 Å². The van der Waals surface area contributed by atoms with Crippen LogP contribution in [0, 0.1) is 0 Å². The molecule has 98 valence electrons. The van der Waals surface area contributed by atoms with E-state index in [0.717, 1.165) is 25.9 Å².